The minimum absolute atomic E-state index is 0.0642. The molecule has 0 saturated carbocycles. The van der Waals surface area contributed by atoms with Crippen molar-refractivity contribution in [3.05, 3.63) is 29.8 Å². The standard InChI is InChI=1S/C23H36N4O5S/c1-17(2)21(23(29)26-10-6-8-19(16-26)25(3)4)24-22(28)18-7-5-9-20(15-18)33(30,31)27-11-13-32-14-12-27/h5,7,9,15,17,19,21H,6,8,10-14,16H2,1-4H3,(H,24,28). The molecule has 2 aliphatic rings. The van der Waals surface area contributed by atoms with Crippen LogP contribution in [0.25, 0.3) is 0 Å². The molecule has 0 bridgehead atoms. The van der Waals surface area contributed by atoms with E-state index in [0.717, 1.165) is 12.8 Å². The molecule has 0 aromatic heterocycles. The zero-order valence-corrected chi connectivity index (χ0v) is 20.8. The minimum atomic E-state index is -3.72. The van der Waals surface area contributed by atoms with Gasteiger partial charge in [0.1, 0.15) is 6.04 Å². The molecule has 184 valence electrons. The van der Waals surface area contributed by atoms with Crippen molar-refractivity contribution in [2.24, 2.45) is 5.92 Å². The fraction of sp³-hybridized carbons (Fsp3) is 0.652. The number of hydrogen-bond acceptors (Lipinski definition) is 6. The van der Waals surface area contributed by atoms with Gasteiger partial charge in [0, 0.05) is 37.8 Å². The molecule has 2 fully saturated rings. The normalized spacial score (nSPS) is 21.3. The molecular weight excluding hydrogens is 444 g/mol. The van der Waals surface area contributed by atoms with Crippen molar-refractivity contribution in [3.8, 4) is 0 Å². The van der Waals surface area contributed by atoms with Crippen LogP contribution in [-0.4, -0.2) is 99.9 Å². The van der Waals surface area contributed by atoms with E-state index in [-0.39, 0.29) is 35.4 Å². The molecule has 1 N–H and O–H groups in total. The van der Waals surface area contributed by atoms with Gasteiger partial charge in [-0.2, -0.15) is 4.31 Å². The largest absolute Gasteiger partial charge is 0.379 e. The van der Waals surface area contributed by atoms with E-state index < -0.39 is 22.0 Å². The first-order chi connectivity index (χ1) is 15.6. The first-order valence-electron chi connectivity index (χ1n) is 11.6. The Morgan fingerprint density at radius 3 is 2.48 bits per heavy atom. The lowest BCUT2D eigenvalue weighted by Gasteiger charge is -2.38. The predicted molar refractivity (Wildman–Crippen MR) is 125 cm³/mol. The number of amides is 2. The van der Waals surface area contributed by atoms with E-state index in [1.807, 2.05) is 32.8 Å². The fourth-order valence-corrected chi connectivity index (χ4v) is 5.70. The Morgan fingerprint density at radius 2 is 1.85 bits per heavy atom. The van der Waals surface area contributed by atoms with Crippen molar-refractivity contribution in [1.29, 1.82) is 0 Å². The highest BCUT2D eigenvalue weighted by Crippen LogP contribution is 2.20. The maximum atomic E-state index is 13.3. The van der Waals surface area contributed by atoms with Crippen LogP contribution in [0.5, 0.6) is 0 Å². The Labute approximate surface area is 197 Å². The minimum Gasteiger partial charge on any atom is -0.379 e. The molecule has 1 aromatic carbocycles. The molecule has 2 aliphatic heterocycles. The van der Waals surface area contributed by atoms with E-state index in [4.69, 9.17) is 4.74 Å². The lowest BCUT2D eigenvalue weighted by atomic mass is 9.99. The van der Waals surface area contributed by atoms with Crippen LogP contribution in [0, 0.1) is 5.92 Å². The second-order valence-electron chi connectivity index (χ2n) is 9.28. The highest BCUT2D eigenvalue weighted by atomic mass is 32.2. The molecule has 2 atom stereocenters. The third-order valence-corrected chi connectivity index (χ3v) is 8.26. The molecule has 1 aromatic rings. The molecule has 3 rings (SSSR count). The first kappa shape index (κ1) is 25.6. The van der Waals surface area contributed by atoms with Gasteiger partial charge in [-0.05, 0) is 51.1 Å². The lowest BCUT2D eigenvalue weighted by molar-refractivity contribution is -0.136. The molecule has 0 radical (unpaired) electrons. The summed E-state index contributed by atoms with van der Waals surface area (Å²) in [7, 11) is 0.307. The maximum Gasteiger partial charge on any atom is 0.251 e. The van der Waals surface area contributed by atoms with Crippen molar-refractivity contribution in [3.63, 3.8) is 0 Å². The van der Waals surface area contributed by atoms with Crippen LogP contribution in [0.3, 0.4) is 0 Å². The Hall–Kier alpha value is -2.01. The molecule has 9 nitrogen and oxygen atoms in total. The highest BCUT2D eigenvalue weighted by Gasteiger charge is 2.33. The number of nitrogens with zero attached hydrogens (tertiary/aromatic N) is 3. The highest BCUT2D eigenvalue weighted by molar-refractivity contribution is 7.89. The van der Waals surface area contributed by atoms with Crippen LogP contribution >= 0.6 is 0 Å². The fourth-order valence-electron chi connectivity index (χ4n) is 4.25. The summed E-state index contributed by atoms with van der Waals surface area (Å²) in [5.74, 6) is -0.661. The Balaban J connectivity index is 1.74. The number of morpholine rings is 1. The molecule has 0 spiro atoms. The van der Waals surface area contributed by atoms with Gasteiger partial charge < -0.3 is 19.9 Å². The van der Waals surface area contributed by atoms with Crippen LogP contribution in [0.2, 0.25) is 0 Å². The molecule has 2 heterocycles. The van der Waals surface area contributed by atoms with Crippen molar-refractivity contribution in [2.75, 3.05) is 53.5 Å². The van der Waals surface area contributed by atoms with Gasteiger partial charge in [0.2, 0.25) is 15.9 Å². The van der Waals surface area contributed by atoms with Crippen LogP contribution in [0.1, 0.15) is 37.0 Å². The zero-order chi connectivity index (χ0) is 24.2. The van der Waals surface area contributed by atoms with E-state index in [1.165, 1.54) is 16.4 Å². The smallest absolute Gasteiger partial charge is 0.251 e. The van der Waals surface area contributed by atoms with Crippen molar-refractivity contribution in [2.45, 2.75) is 43.7 Å². The number of sulfonamides is 1. The topological polar surface area (TPSA) is 99.3 Å². The molecule has 2 saturated heterocycles. The Kier molecular flexibility index (Phi) is 8.49. The number of piperidine rings is 1. The van der Waals surface area contributed by atoms with E-state index in [9.17, 15) is 18.0 Å². The van der Waals surface area contributed by atoms with Gasteiger partial charge in [0.25, 0.3) is 5.91 Å². The van der Waals surface area contributed by atoms with Crippen LogP contribution in [0.4, 0.5) is 0 Å². The third-order valence-electron chi connectivity index (χ3n) is 6.36. The van der Waals surface area contributed by atoms with Crippen molar-refractivity contribution < 1.29 is 22.7 Å². The van der Waals surface area contributed by atoms with Crippen LogP contribution in [0.15, 0.2) is 29.2 Å². The van der Waals surface area contributed by atoms with E-state index >= 15 is 0 Å². The summed E-state index contributed by atoms with van der Waals surface area (Å²) in [6, 6.07) is 5.61. The number of nitrogens with one attached hydrogen (secondary N) is 1. The van der Waals surface area contributed by atoms with Crippen molar-refractivity contribution in [1.82, 2.24) is 19.4 Å². The number of likely N-dealkylation sites (tertiary alicyclic amines) is 1. The second kappa shape index (κ2) is 10.9. The maximum absolute atomic E-state index is 13.3. The number of ether oxygens (including phenoxy) is 1. The molecule has 10 heteroatoms. The summed E-state index contributed by atoms with van der Waals surface area (Å²) in [4.78, 5) is 30.4. The summed E-state index contributed by atoms with van der Waals surface area (Å²) < 4.78 is 32.5. The third kappa shape index (κ3) is 6.11. The zero-order valence-electron chi connectivity index (χ0n) is 20.0. The predicted octanol–water partition coefficient (Wildman–Crippen LogP) is 1.01. The Bertz CT molecular complexity index is 944. The number of hydrogen-bond donors (Lipinski definition) is 1. The SMILES string of the molecule is CC(C)C(NC(=O)c1cccc(S(=O)(=O)N2CCOCC2)c1)C(=O)N1CCCC(N(C)C)C1. The summed E-state index contributed by atoms with van der Waals surface area (Å²) >= 11 is 0. The first-order valence-corrected chi connectivity index (χ1v) is 13.0. The summed E-state index contributed by atoms with van der Waals surface area (Å²) in [5.41, 5.74) is 0.215. The molecule has 2 unspecified atom stereocenters. The average molecular weight is 481 g/mol. The van der Waals surface area contributed by atoms with Crippen LogP contribution in [-0.2, 0) is 19.6 Å². The lowest BCUT2D eigenvalue weighted by Crippen LogP contribution is -2.55. The summed E-state index contributed by atoms with van der Waals surface area (Å²) in [5, 5.41) is 2.86. The molecule has 33 heavy (non-hydrogen) atoms. The van der Waals surface area contributed by atoms with Gasteiger partial charge in [0.15, 0.2) is 0 Å². The number of likely N-dealkylation sites (N-methyl/N-ethyl adjacent to an activating group) is 1. The van der Waals surface area contributed by atoms with Gasteiger partial charge in [-0.15, -0.1) is 0 Å². The Morgan fingerprint density at radius 1 is 1.15 bits per heavy atom. The average Bonchev–Trinajstić information content (AvgIpc) is 2.82. The van der Waals surface area contributed by atoms with Gasteiger partial charge in [-0.3, -0.25) is 9.59 Å². The van der Waals surface area contributed by atoms with Gasteiger partial charge in [-0.25, -0.2) is 8.42 Å². The quantitative estimate of drug-likeness (QED) is 0.626. The number of rotatable bonds is 7. The van der Waals surface area contributed by atoms with Crippen LogP contribution < -0.4 is 5.32 Å². The monoisotopic (exact) mass is 480 g/mol. The number of benzene rings is 1. The molecule has 2 amide bonds. The van der Waals surface area contributed by atoms with Gasteiger partial charge >= 0.3 is 0 Å². The molecule has 0 aliphatic carbocycles. The molecular formula is C23H36N4O5S. The number of carbonyl (C=O) groups is 2. The van der Waals surface area contributed by atoms with E-state index in [1.54, 1.807) is 12.1 Å². The van der Waals surface area contributed by atoms with Crippen molar-refractivity contribution >= 4 is 21.8 Å². The summed E-state index contributed by atoms with van der Waals surface area (Å²) in [6.45, 7) is 6.38. The second-order valence-corrected chi connectivity index (χ2v) is 11.2. The van der Waals surface area contributed by atoms with Gasteiger partial charge in [-0.1, -0.05) is 19.9 Å². The van der Waals surface area contributed by atoms with E-state index in [2.05, 4.69) is 10.2 Å². The van der Waals surface area contributed by atoms with E-state index in [0.29, 0.717) is 32.3 Å². The number of carbonyl (C=O) groups excluding carboxylic acids is 2. The van der Waals surface area contributed by atoms with Gasteiger partial charge in [0.05, 0.1) is 18.1 Å². The summed E-state index contributed by atoms with van der Waals surface area (Å²) in [6.07, 6.45) is 1.97.